The van der Waals surface area contributed by atoms with E-state index >= 15 is 0 Å². The number of carbonyl (C=O) groups is 1. The third kappa shape index (κ3) is 5.60. The molecule has 1 aromatic heterocycles. The van der Waals surface area contributed by atoms with E-state index in [1.54, 1.807) is 7.11 Å². The number of aryl methyl sites for hydroxylation is 1. The summed E-state index contributed by atoms with van der Waals surface area (Å²) < 4.78 is 7.31. The van der Waals surface area contributed by atoms with Gasteiger partial charge in [0.05, 0.1) is 12.9 Å². The Labute approximate surface area is 175 Å². The minimum Gasteiger partial charge on any atom is -0.497 e. The van der Waals surface area contributed by atoms with Crippen LogP contribution < -0.4 is 10.1 Å². The summed E-state index contributed by atoms with van der Waals surface area (Å²) in [4.78, 5) is 12.3. The van der Waals surface area contributed by atoms with Crippen LogP contribution in [0.5, 0.6) is 5.75 Å². The number of amides is 1. The minimum absolute atomic E-state index is 0.0408. The smallest absolute Gasteiger partial charge is 0.230 e. The predicted octanol–water partition coefficient (Wildman–Crippen LogP) is 4.08. The average Bonchev–Trinajstić information content (AvgIpc) is 3.14. The van der Waals surface area contributed by atoms with Crippen LogP contribution in [0, 0.1) is 6.92 Å². The Hall–Kier alpha value is -2.80. The van der Waals surface area contributed by atoms with Crippen molar-refractivity contribution in [2.24, 2.45) is 0 Å². The molecular formula is C22H26N4O2S. The Kier molecular flexibility index (Phi) is 7.30. The highest BCUT2D eigenvalue weighted by atomic mass is 32.2. The van der Waals surface area contributed by atoms with Crippen molar-refractivity contribution in [1.82, 2.24) is 20.1 Å². The first-order valence-corrected chi connectivity index (χ1v) is 10.6. The molecule has 152 valence electrons. The molecule has 3 aromatic rings. The van der Waals surface area contributed by atoms with E-state index in [9.17, 15) is 4.79 Å². The molecule has 0 aliphatic heterocycles. The molecule has 0 spiro atoms. The maximum Gasteiger partial charge on any atom is 0.230 e. The lowest BCUT2D eigenvalue weighted by molar-refractivity contribution is -0.118. The number of thioether (sulfide) groups is 1. The lowest BCUT2D eigenvalue weighted by Gasteiger charge is -2.10. The first-order chi connectivity index (χ1) is 14.1. The van der Waals surface area contributed by atoms with Crippen molar-refractivity contribution in [2.45, 2.75) is 38.5 Å². The van der Waals surface area contributed by atoms with E-state index < -0.39 is 0 Å². The molecule has 0 saturated carbocycles. The number of carbonyl (C=O) groups excluding carboxylic acids is 1. The van der Waals surface area contributed by atoms with Crippen molar-refractivity contribution in [2.75, 3.05) is 12.9 Å². The van der Waals surface area contributed by atoms with Crippen LogP contribution in [0.1, 0.15) is 24.5 Å². The largest absolute Gasteiger partial charge is 0.497 e. The number of benzene rings is 2. The van der Waals surface area contributed by atoms with Gasteiger partial charge < -0.3 is 14.6 Å². The Bertz CT molecular complexity index is 971. The SMILES string of the molecule is CCCn1c(SCC(=O)NCc2cccc(OC)c2)nnc1-c1cccc(C)c1. The van der Waals surface area contributed by atoms with Crippen molar-refractivity contribution >= 4 is 17.7 Å². The summed E-state index contributed by atoms with van der Waals surface area (Å²) in [7, 11) is 1.63. The molecule has 0 unspecified atom stereocenters. The fraction of sp³-hybridized carbons (Fsp3) is 0.318. The van der Waals surface area contributed by atoms with Crippen LogP contribution in [0.3, 0.4) is 0 Å². The zero-order chi connectivity index (χ0) is 20.6. The number of hydrogen-bond donors (Lipinski definition) is 1. The lowest BCUT2D eigenvalue weighted by Crippen LogP contribution is -2.24. The second-order valence-electron chi connectivity index (χ2n) is 6.74. The molecule has 2 aromatic carbocycles. The number of ether oxygens (including phenoxy) is 1. The van der Waals surface area contributed by atoms with E-state index in [1.165, 1.54) is 17.3 Å². The fourth-order valence-electron chi connectivity index (χ4n) is 2.98. The molecule has 0 aliphatic carbocycles. The molecule has 0 saturated heterocycles. The van der Waals surface area contributed by atoms with E-state index in [2.05, 4.69) is 46.1 Å². The number of rotatable bonds is 9. The second kappa shape index (κ2) is 10.1. The van der Waals surface area contributed by atoms with Gasteiger partial charge in [-0.3, -0.25) is 4.79 Å². The molecule has 0 aliphatic rings. The molecule has 1 amide bonds. The molecule has 29 heavy (non-hydrogen) atoms. The topological polar surface area (TPSA) is 69.0 Å². The van der Waals surface area contributed by atoms with Gasteiger partial charge in [-0.2, -0.15) is 0 Å². The van der Waals surface area contributed by atoms with Crippen LogP contribution in [0.25, 0.3) is 11.4 Å². The van der Waals surface area contributed by atoms with E-state index in [0.717, 1.165) is 40.8 Å². The second-order valence-corrected chi connectivity index (χ2v) is 7.69. The summed E-state index contributed by atoms with van der Waals surface area (Å²) in [6.45, 7) is 5.46. The molecule has 0 atom stereocenters. The van der Waals surface area contributed by atoms with Crippen LogP contribution in [0.2, 0.25) is 0 Å². The summed E-state index contributed by atoms with van der Waals surface area (Å²) in [5.74, 6) is 1.87. The first-order valence-electron chi connectivity index (χ1n) is 9.63. The van der Waals surface area contributed by atoms with Crippen molar-refractivity contribution in [3.63, 3.8) is 0 Å². The monoisotopic (exact) mass is 410 g/mol. The lowest BCUT2D eigenvalue weighted by atomic mass is 10.1. The van der Waals surface area contributed by atoms with Gasteiger partial charge in [-0.1, -0.05) is 54.6 Å². The number of methoxy groups -OCH3 is 1. The number of hydrogen-bond acceptors (Lipinski definition) is 5. The summed E-state index contributed by atoms with van der Waals surface area (Å²) in [5.41, 5.74) is 3.22. The third-order valence-electron chi connectivity index (χ3n) is 4.40. The van der Waals surface area contributed by atoms with Crippen LogP contribution in [0.4, 0.5) is 0 Å². The summed E-state index contributed by atoms with van der Waals surface area (Å²) in [6.07, 6.45) is 0.965. The van der Waals surface area contributed by atoms with E-state index in [0.29, 0.717) is 12.3 Å². The Morgan fingerprint density at radius 1 is 1.17 bits per heavy atom. The average molecular weight is 411 g/mol. The molecule has 1 heterocycles. The zero-order valence-electron chi connectivity index (χ0n) is 17.0. The molecule has 3 rings (SSSR count). The van der Waals surface area contributed by atoms with Gasteiger partial charge in [-0.25, -0.2) is 0 Å². The number of nitrogens with one attached hydrogen (secondary N) is 1. The summed E-state index contributed by atoms with van der Waals surface area (Å²) in [6, 6.07) is 15.9. The van der Waals surface area contributed by atoms with Crippen LogP contribution >= 0.6 is 11.8 Å². The first kappa shape index (κ1) is 20.9. The summed E-state index contributed by atoms with van der Waals surface area (Å²) >= 11 is 1.41. The molecule has 0 radical (unpaired) electrons. The third-order valence-corrected chi connectivity index (χ3v) is 5.36. The highest BCUT2D eigenvalue weighted by Gasteiger charge is 2.15. The molecule has 6 nitrogen and oxygen atoms in total. The zero-order valence-corrected chi connectivity index (χ0v) is 17.8. The van der Waals surface area contributed by atoms with Crippen molar-refractivity contribution in [1.29, 1.82) is 0 Å². The quantitative estimate of drug-likeness (QED) is 0.538. The standard InChI is InChI=1S/C22H26N4O2S/c1-4-11-26-21(18-9-5-7-16(2)12-18)24-25-22(26)29-15-20(27)23-14-17-8-6-10-19(13-17)28-3/h5-10,12-13H,4,11,14-15H2,1-3H3,(H,23,27). The van der Waals surface area contributed by atoms with Crippen molar-refractivity contribution in [3.8, 4) is 17.1 Å². The van der Waals surface area contributed by atoms with Gasteiger partial charge in [0.25, 0.3) is 0 Å². The summed E-state index contributed by atoms with van der Waals surface area (Å²) in [5, 5.41) is 12.4. The molecular weight excluding hydrogens is 384 g/mol. The van der Waals surface area contributed by atoms with Gasteiger partial charge >= 0.3 is 0 Å². The molecule has 0 bridgehead atoms. The highest BCUT2D eigenvalue weighted by Crippen LogP contribution is 2.25. The van der Waals surface area contributed by atoms with Crippen molar-refractivity contribution in [3.05, 3.63) is 59.7 Å². The highest BCUT2D eigenvalue weighted by molar-refractivity contribution is 7.99. The number of aromatic nitrogens is 3. The van der Waals surface area contributed by atoms with Gasteiger partial charge in [-0.05, 0) is 37.1 Å². The van der Waals surface area contributed by atoms with Crippen LogP contribution in [0.15, 0.2) is 53.7 Å². The van der Waals surface area contributed by atoms with Gasteiger partial charge in [0, 0.05) is 18.7 Å². The van der Waals surface area contributed by atoms with Crippen molar-refractivity contribution < 1.29 is 9.53 Å². The van der Waals surface area contributed by atoms with E-state index in [4.69, 9.17) is 4.74 Å². The Morgan fingerprint density at radius 2 is 2.00 bits per heavy atom. The normalized spacial score (nSPS) is 10.7. The molecule has 0 fully saturated rings. The van der Waals surface area contributed by atoms with E-state index in [-0.39, 0.29) is 5.91 Å². The Morgan fingerprint density at radius 3 is 2.76 bits per heavy atom. The minimum atomic E-state index is -0.0408. The fourth-order valence-corrected chi connectivity index (χ4v) is 3.78. The van der Waals surface area contributed by atoms with Gasteiger partial charge in [0.1, 0.15) is 5.75 Å². The van der Waals surface area contributed by atoms with Gasteiger partial charge in [0.2, 0.25) is 5.91 Å². The van der Waals surface area contributed by atoms with Crippen LogP contribution in [-0.4, -0.2) is 33.5 Å². The Balaban J connectivity index is 1.63. The van der Waals surface area contributed by atoms with E-state index in [1.807, 2.05) is 36.4 Å². The molecule has 7 heteroatoms. The van der Waals surface area contributed by atoms with Crippen LogP contribution in [-0.2, 0) is 17.9 Å². The predicted molar refractivity (Wildman–Crippen MR) is 116 cm³/mol. The van der Waals surface area contributed by atoms with Gasteiger partial charge in [0.15, 0.2) is 11.0 Å². The number of nitrogens with zero attached hydrogens (tertiary/aromatic N) is 3. The van der Waals surface area contributed by atoms with Gasteiger partial charge in [-0.15, -0.1) is 10.2 Å². The molecule has 1 N–H and O–H groups in total. The maximum absolute atomic E-state index is 12.3. The maximum atomic E-state index is 12.3.